The number of hydrogen-bond donors (Lipinski definition) is 1. The van der Waals surface area contributed by atoms with Crippen molar-refractivity contribution in [3.8, 4) is 0 Å². The van der Waals surface area contributed by atoms with E-state index in [0.29, 0.717) is 12.2 Å². The van der Waals surface area contributed by atoms with Gasteiger partial charge in [-0.25, -0.2) is 0 Å². The van der Waals surface area contributed by atoms with Gasteiger partial charge in [0.1, 0.15) is 5.78 Å². The first-order chi connectivity index (χ1) is 8.74. The van der Waals surface area contributed by atoms with Crippen LogP contribution in [0.4, 0.5) is 0 Å². The second-order valence-corrected chi connectivity index (χ2v) is 6.42. The molecule has 2 nitrogen and oxygen atoms in total. The van der Waals surface area contributed by atoms with Crippen molar-refractivity contribution in [2.75, 3.05) is 7.05 Å². The molecule has 100 valence electrons. The van der Waals surface area contributed by atoms with Crippen LogP contribution < -0.4 is 5.32 Å². The number of thiophene rings is 1. The van der Waals surface area contributed by atoms with Crippen LogP contribution in [0.5, 0.6) is 0 Å². The van der Waals surface area contributed by atoms with Crippen molar-refractivity contribution < 1.29 is 4.79 Å². The molecule has 1 aromatic rings. The number of rotatable bonds is 6. The van der Waals surface area contributed by atoms with E-state index in [4.69, 9.17) is 0 Å². The minimum absolute atomic E-state index is 0.102. The number of carbonyl (C=O) groups excluding carboxylic acids is 1. The van der Waals surface area contributed by atoms with Gasteiger partial charge >= 0.3 is 0 Å². The topological polar surface area (TPSA) is 29.1 Å². The molecule has 0 aromatic carbocycles. The fourth-order valence-corrected chi connectivity index (χ4v) is 3.64. The summed E-state index contributed by atoms with van der Waals surface area (Å²) in [5.41, 5.74) is 0.102. The molecule has 0 radical (unpaired) electrons. The Balaban J connectivity index is 1.81. The Labute approximate surface area is 114 Å². The van der Waals surface area contributed by atoms with Crippen LogP contribution in [0.15, 0.2) is 17.5 Å². The van der Waals surface area contributed by atoms with Gasteiger partial charge in [0.15, 0.2) is 0 Å². The highest BCUT2D eigenvalue weighted by molar-refractivity contribution is 7.09. The lowest BCUT2D eigenvalue weighted by Crippen LogP contribution is -2.46. The number of carbonyl (C=O) groups is 1. The first-order valence-electron chi connectivity index (χ1n) is 6.97. The quantitative estimate of drug-likeness (QED) is 0.852. The fraction of sp³-hybridized carbons (Fsp3) is 0.667. The van der Waals surface area contributed by atoms with Crippen molar-refractivity contribution in [1.29, 1.82) is 0 Å². The molecule has 1 fully saturated rings. The second-order valence-electron chi connectivity index (χ2n) is 5.39. The van der Waals surface area contributed by atoms with Crippen LogP contribution in [0.2, 0.25) is 0 Å². The summed E-state index contributed by atoms with van der Waals surface area (Å²) in [5, 5.41) is 5.50. The first-order valence-corrected chi connectivity index (χ1v) is 7.85. The van der Waals surface area contributed by atoms with Crippen molar-refractivity contribution in [2.45, 2.75) is 56.9 Å². The monoisotopic (exact) mass is 265 g/mol. The van der Waals surface area contributed by atoms with Gasteiger partial charge in [-0.1, -0.05) is 25.3 Å². The van der Waals surface area contributed by atoms with Gasteiger partial charge in [-0.3, -0.25) is 4.79 Å². The summed E-state index contributed by atoms with van der Waals surface area (Å²) in [6.07, 6.45) is 8.50. The predicted octanol–water partition coefficient (Wildman–Crippen LogP) is 3.56. The van der Waals surface area contributed by atoms with E-state index < -0.39 is 0 Å². The Kier molecular flexibility index (Phi) is 4.95. The SMILES string of the molecule is CNC1(CC(=O)CCc2cccs2)CCCCC1. The maximum Gasteiger partial charge on any atom is 0.135 e. The number of Topliss-reactive ketones (excluding diaryl/α,β-unsaturated/α-hetero) is 1. The zero-order chi connectivity index (χ0) is 12.8. The molecule has 0 unspecified atom stereocenters. The number of nitrogens with one attached hydrogen (secondary N) is 1. The number of ketones is 1. The molecule has 1 aliphatic rings. The van der Waals surface area contributed by atoms with Gasteiger partial charge in [-0.15, -0.1) is 11.3 Å². The lowest BCUT2D eigenvalue weighted by atomic mass is 9.78. The van der Waals surface area contributed by atoms with E-state index in [-0.39, 0.29) is 5.54 Å². The molecular weight excluding hydrogens is 242 g/mol. The Morgan fingerprint density at radius 2 is 2.17 bits per heavy atom. The molecule has 18 heavy (non-hydrogen) atoms. The van der Waals surface area contributed by atoms with Gasteiger partial charge in [0.05, 0.1) is 0 Å². The first kappa shape index (κ1) is 13.8. The summed E-state index contributed by atoms with van der Waals surface area (Å²) in [4.78, 5) is 13.5. The normalized spacial score (nSPS) is 18.7. The minimum atomic E-state index is 0.102. The smallest absolute Gasteiger partial charge is 0.135 e. The van der Waals surface area contributed by atoms with Gasteiger partial charge in [0.25, 0.3) is 0 Å². The van der Waals surface area contributed by atoms with Gasteiger partial charge in [0.2, 0.25) is 0 Å². The van der Waals surface area contributed by atoms with Crippen LogP contribution in [0.3, 0.4) is 0 Å². The molecule has 1 aliphatic carbocycles. The Hall–Kier alpha value is -0.670. The van der Waals surface area contributed by atoms with E-state index >= 15 is 0 Å². The van der Waals surface area contributed by atoms with Gasteiger partial charge in [0, 0.05) is 23.3 Å². The van der Waals surface area contributed by atoms with E-state index in [1.54, 1.807) is 11.3 Å². The third-order valence-corrected chi connectivity index (χ3v) is 5.04. The van der Waals surface area contributed by atoms with E-state index in [9.17, 15) is 4.79 Å². The summed E-state index contributed by atoms with van der Waals surface area (Å²) in [6.45, 7) is 0. The second kappa shape index (κ2) is 6.48. The van der Waals surface area contributed by atoms with Crippen LogP contribution >= 0.6 is 11.3 Å². The molecule has 0 bridgehead atoms. The summed E-state index contributed by atoms with van der Waals surface area (Å²) in [6, 6.07) is 4.17. The summed E-state index contributed by atoms with van der Waals surface area (Å²) >= 11 is 1.75. The van der Waals surface area contributed by atoms with Gasteiger partial charge in [-0.2, -0.15) is 0 Å². The maximum atomic E-state index is 12.1. The third kappa shape index (κ3) is 3.66. The van der Waals surface area contributed by atoms with E-state index in [1.807, 2.05) is 7.05 Å². The lowest BCUT2D eigenvalue weighted by Gasteiger charge is -2.36. The molecule has 1 N–H and O–H groups in total. The maximum absolute atomic E-state index is 12.1. The van der Waals surface area contributed by atoms with E-state index in [2.05, 4.69) is 22.8 Å². The van der Waals surface area contributed by atoms with Crippen molar-refractivity contribution >= 4 is 17.1 Å². The van der Waals surface area contributed by atoms with Crippen molar-refractivity contribution in [3.63, 3.8) is 0 Å². The molecule has 1 heterocycles. The van der Waals surface area contributed by atoms with Crippen LogP contribution in [-0.4, -0.2) is 18.4 Å². The summed E-state index contributed by atoms with van der Waals surface area (Å²) in [5.74, 6) is 0.416. The molecule has 0 atom stereocenters. The highest BCUT2D eigenvalue weighted by Crippen LogP contribution is 2.31. The van der Waals surface area contributed by atoms with Gasteiger partial charge in [-0.05, 0) is 37.8 Å². The van der Waals surface area contributed by atoms with Crippen LogP contribution in [0.25, 0.3) is 0 Å². The standard InChI is InChI=1S/C15H23NOS/c1-16-15(9-3-2-4-10-15)12-13(17)7-8-14-6-5-11-18-14/h5-6,11,16H,2-4,7-10,12H2,1H3. The van der Waals surface area contributed by atoms with Crippen molar-refractivity contribution in [1.82, 2.24) is 5.32 Å². The molecule has 0 amide bonds. The molecule has 1 saturated carbocycles. The third-order valence-electron chi connectivity index (χ3n) is 4.11. The summed E-state index contributed by atoms with van der Waals surface area (Å²) < 4.78 is 0. The van der Waals surface area contributed by atoms with Crippen LogP contribution in [0.1, 0.15) is 49.8 Å². The number of aryl methyl sites for hydroxylation is 1. The predicted molar refractivity (Wildman–Crippen MR) is 77.1 cm³/mol. The zero-order valence-corrected chi connectivity index (χ0v) is 12.0. The molecule has 1 aromatic heterocycles. The van der Waals surface area contributed by atoms with E-state index in [1.165, 1.54) is 24.1 Å². The average molecular weight is 265 g/mol. The van der Waals surface area contributed by atoms with E-state index in [0.717, 1.165) is 25.7 Å². The molecular formula is C15H23NOS. The lowest BCUT2D eigenvalue weighted by molar-refractivity contribution is -0.120. The minimum Gasteiger partial charge on any atom is -0.314 e. The molecule has 0 aliphatic heterocycles. The highest BCUT2D eigenvalue weighted by Gasteiger charge is 2.32. The van der Waals surface area contributed by atoms with Crippen LogP contribution in [0, 0.1) is 0 Å². The molecule has 2 rings (SSSR count). The highest BCUT2D eigenvalue weighted by atomic mass is 32.1. The van der Waals surface area contributed by atoms with Crippen molar-refractivity contribution in [2.24, 2.45) is 0 Å². The summed E-state index contributed by atoms with van der Waals surface area (Å²) in [7, 11) is 2.01. The van der Waals surface area contributed by atoms with Crippen molar-refractivity contribution in [3.05, 3.63) is 22.4 Å². The largest absolute Gasteiger partial charge is 0.314 e. The Bertz CT molecular complexity index is 366. The fourth-order valence-electron chi connectivity index (χ4n) is 2.93. The van der Waals surface area contributed by atoms with Crippen LogP contribution in [-0.2, 0) is 11.2 Å². The Morgan fingerprint density at radius 3 is 2.78 bits per heavy atom. The molecule has 0 spiro atoms. The number of hydrogen-bond acceptors (Lipinski definition) is 3. The van der Waals surface area contributed by atoms with Gasteiger partial charge < -0.3 is 5.32 Å². The Morgan fingerprint density at radius 1 is 1.39 bits per heavy atom. The zero-order valence-electron chi connectivity index (χ0n) is 11.2. The average Bonchev–Trinajstić information content (AvgIpc) is 2.91. The molecule has 0 saturated heterocycles. The molecule has 3 heteroatoms.